The lowest BCUT2D eigenvalue weighted by Gasteiger charge is -2.21. The van der Waals surface area contributed by atoms with Gasteiger partial charge in [0.1, 0.15) is 23.4 Å². The number of fused-ring (bicyclic) bond motifs is 1. The number of carbonyl (C=O) groups excluding carboxylic acids is 1. The molecule has 1 saturated heterocycles. The Morgan fingerprint density at radius 2 is 2.00 bits per heavy atom. The molecule has 2 aliphatic rings. The lowest BCUT2D eigenvalue weighted by molar-refractivity contribution is 0.0646. The fourth-order valence-corrected chi connectivity index (χ4v) is 3.56. The third-order valence-electron chi connectivity index (χ3n) is 4.90. The summed E-state index contributed by atoms with van der Waals surface area (Å²) in [5.74, 6) is -1.05. The molecule has 0 radical (unpaired) electrons. The summed E-state index contributed by atoms with van der Waals surface area (Å²) in [5.41, 5.74) is 1.000. The molecule has 4 rings (SSSR count). The fourth-order valence-electron chi connectivity index (χ4n) is 3.56. The SMILES string of the molecule is O=C(O)c1cc(C(=O)N2CC[C@H](Oc3ccc(F)cc3)C2)n2c1COCC2. The minimum atomic E-state index is -1.07. The predicted octanol–water partition coefficient (Wildman–Crippen LogP) is 2.15. The zero-order chi connectivity index (χ0) is 19.0. The molecule has 8 heteroatoms. The number of carbonyl (C=O) groups is 2. The van der Waals surface area contributed by atoms with Crippen molar-refractivity contribution in [3.63, 3.8) is 0 Å². The van der Waals surface area contributed by atoms with Gasteiger partial charge in [-0.15, -0.1) is 0 Å². The van der Waals surface area contributed by atoms with E-state index in [1.54, 1.807) is 21.6 Å². The maximum absolute atomic E-state index is 13.0. The van der Waals surface area contributed by atoms with Crippen LogP contribution in [-0.2, 0) is 17.9 Å². The number of halogens is 1. The summed E-state index contributed by atoms with van der Waals surface area (Å²) in [5, 5.41) is 9.39. The van der Waals surface area contributed by atoms with Crippen molar-refractivity contribution >= 4 is 11.9 Å². The average molecular weight is 374 g/mol. The van der Waals surface area contributed by atoms with Crippen LogP contribution in [0.1, 0.15) is 33.0 Å². The van der Waals surface area contributed by atoms with Crippen molar-refractivity contribution in [2.45, 2.75) is 25.7 Å². The van der Waals surface area contributed by atoms with Gasteiger partial charge in [0, 0.05) is 19.5 Å². The Bertz CT molecular complexity index is 877. The maximum atomic E-state index is 13.0. The van der Waals surface area contributed by atoms with Crippen molar-refractivity contribution in [2.75, 3.05) is 19.7 Å². The van der Waals surface area contributed by atoms with E-state index < -0.39 is 5.97 Å². The van der Waals surface area contributed by atoms with Gasteiger partial charge in [0.05, 0.1) is 31.0 Å². The first-order chi connectivity index (χ1) is 13.0. The minimum absolute atomic E-state index is 0.108. The third-order valence-corrected chi connectivity index (χ3v) is 4.90. The van der Waals surface area contributed by atoms with E-state index >= 15 is 0 Å². The highest BCUT2D eigenvalue weighted by molar-refractivity contribution is 5.98. The monoisotopic (exact) mass is 374 g/mol. The zero-order valence-electron chi connectivity index (χ0n) is 14.6. The number of amides is 1. The van der Waals surface area contributed by atoms with Gasteiger partial charge >= 0.3 is 5.97 Å². The van der Waals surface area contributed by atoms with E-state index in [1.165, 1.54) is 18.2 Å². The second kappa shape index (κ2) is 7.03. The van der Waals surface area contributed by atoms with Crippen molar-refractivity contribution in [1.29, 1.82) is 0 Å². The zero-order valence-corrected chi connectivity index (χ0v) is 14.6. The molecule has 7 nitrogen and oxygen atoms in total. The van der Waals surface area contributed by atoms with Crippen LogP contribution in [0, 0.1) is 5.82 Å². The van der Waals surface area contributed by atoms with E-state index in [2.05, 4.69) is 0 Å². The van der Waals surface area contributed by atoms with Crippen molar-refractivity contribution < 1.29 is 28.6 Å². The quantitative estimate of drug-likeness (QED) is 0.887. The normalized spacial score (nSPS) is 19.0. The largest absolute Gasteiger partial charge is 0.489 e. The second-order valence-electron chi connectivity index (χ2n) is 6.63. The van der Waals surface area contributed by atoms with E-state index in [9.17, 15) is 19.1 Å². The van der Waals surface area contributed by atoms with Gasteiger partial charge in [-0.2, -0.15) is 0 Å². The van der Waals surface area contributed by atoms with Gasteiger partial charge in [0.15, 0.2) is 0 Å². The molecule has 2 aliphatic heterocycles. The molecule has 0 spiro atoms. The van der Waals surface area contributed by atoms with Crippen LogP contribution < -0.4 is 4.74 Å². The summed E-state index contributed by atoms with van der Waals surface area (Å²) < 4.78 is 25.9. The molecule has 1 aromatic heterocycles. The number of hydrogen-bond donors (Lipinski definition) is 1. The number of hydrogen-bond acceptors (Lipinski definition) is 4. The molecule has 0 aliphatic carbocycles. The first kappa shape index (κ1) is 17.5. The summed E-state index contributed by atoms with van der Waals surface area (Å²) in [7, 11) is 0. The Balaban J connectivity index is 1.49. The van der Waals surface area contributed by atoms with Gasteiger partial charge in [-0.3, -0.25) is 4.79 Å². The van der Waals surface area contributed by atoms with Gasteiger partial charge in [0.25, 0.3) is 5.91 Å². The smallest absolute Gasteiger partial charge is 0.337 e. The number of benzene rings is 1. The molecule has 27 heavy (non-hydrogen) atoms. The van der Waals surface area contributed by atoms with Crippen molar-refractivity contribution in [3.05, 3.63) is 53.1 Å². The summed E-state index contributed by atoms with van der Waals surface area (Å²) in [6.07, 6.45) is 0.475. The van der Waals surface area contributed by atoms with Gasteiger partial charge in [-0.05, 0) is 30.3 Å². The fraction of sp³-hybridized carbons (Fsp3) is 0.368. The van der Waals surface area contributed by atoms with Crippen molar-refractivity contribution in [2.24, 2.45) is 0 Å². The predicted molar refractivity (Wildman–Crippen MR) is 92.4 cm³/mol. The van der Waals surface area contributed by atoms with Gasteiger partial charge in [-0.25, -0.2) is 9.18 Å². The summed E-state index contributed by atoms with van der Waals surface area (Å²) in [6.45, 7) is 2.00. The minimum Gasteiger partial charge on any atom is -0.489 e. The Hall–Kier alpha value is -2.87. The molecule has 0 saturated carbocycles. The highest BCUT2D eigenvalue weighted by atomic mass is 19.1. The lowest BCUT2D eigenvalue weighted by atomic mass is 10.2. The van der Waals surface area contributed by atoms with Crippen molar-refractivity contribution in [1.82, 2.24) is 9.47 Å². The summed E-state index contributed by atoms with van der Waals surface area (Å²) in [4.78, 5) is 26.1. The summed E-state index contributed by atoms with van der Waals surface area (Å²) in [6, 6.07) is 7.21. The number of nitrogens with zero attached hydrogens (tertiary/aromatic N) is 2. The molecular weight excluding hydrogens is 355 g/mol. The van der Waals surface area contributed by atoms with Crippen LogP contribution >= 0.6 is 0 Å². The molecule has 1 amide bonds. The van der Waals surface area contributed by atoms with Crippen LogP contribution in [-0.4, -0.2) is 52.3 Å². The lowest BCUT2D eigenvalue weighted by Crippen LogP contribution is -2.33. The van der Waals surface area contributed by atoms with Gasteiger partial charge in [0.2, 0.25) is 0 Å². The van der Waals surface area contributed by atoms with Crippen LogP contribution in [0.5, 0.6) is 5.75 Å². The standard InChI is InChI=1S/C19H19FN2O5/c20-12-1-3-13(4-2-12)27-14-5-6-21(10-14)18(23)16-9-15(19(24)25)17-11-26-8-7-22(16)17/h1-4,9,14H,5-8,10-11H2,(H,24,25)/t14-/m0/s1. The Kier molecular flexibility index (Phi) is 4.57. The Morgan fingerprint density at radius 3 is 2.74 bits per heavy atom. The van der Waals surface area contributed by atoms with E-state index in [-0.39, 0.29) is 30.0 Å². The molecule has 2 aromatic rings. The van der Waals surface area contributed by atoms with Crippen LogP contribution in [0.3, 0.4) is 0 Å². The highest BCUT2D eigenvalue weighted by Crippen LogP contribution is 2.25. The number of carboxylic acid groups (broad SMARTS) is 1. The number of rotatable bonds is 4. The van der Waals surface area contributed by atoms with Crippen LogP contribution in [0.25, 0.3) is 0 Å². The molecular formula is C19H19FN2O5. The number of likely N-dealkylation sites (tertiary alicyclic amines) is 1. The van der Waals surface area contributed by atoms with E-state index in [0.29, 0.717) is 49.8 Å². The summed E-state index contributed by atoms with van der Waals surface area (Å²) >= 11 is 0. The molecule has 1 fully saturated rings. The third kappa shape index (κ3) is 3.40. The molecule has 0 bridgehead atoms. The number of aromatic carboxylic acids is 1. The first-order valence-corrected chi connectivity index (χ1v) is 8.78. The van der Waals surface area contributed by atoms with Gasteiger partial charge in [-0.1, -0.05) is 0 Å². The van der Waals surface area contributed by atoms with E-state index in [4.69, 9.17) is 9.47 Å². The van der Waals surface area contributed by atoms with Crippen molar-refractivity contribution in [3.8, 4) is 5.75 Å². The highest BCUT2D eigenvalue weighted by Gasteiger charge is 2.32. The maximum Gasteiger partial charge on any atom is 0.337 e. The molecule has 1 aromatic carbocycles. The van der Waals surface area contributed by atoms with Crippen LogP contribution in [0.4, 0.5) is 4.39 Å². The topological polar surface area (TPSA) is 81.0 Å². The molecule has 142 valence electrons. The Labute approximate surface area is 154 Å². The Morgan fingerprint density at radius 1 is 1.22 bits per heavy atom. The van der Waals surface area contributed by atoms with Crippen LogP contribution in [0.15, 0.2) is 30.3 Å². The second-order valence-corrected chi connectivity index (χ2v) is 6.63. The number of carboxylic acids is 1. The molecule has 1 N–H and O–H groups in total. The molecule has 1 atom stereocenters. The molecule has 0 unspecified atom stereocenters. The number of ether oxygens (including phenoxy) is 2. The van der Waals surface area contributed by atoms with E-state index in [1.807, 2.05) is 0 Å². The average Bonchev–Trinajstić information content (AvgIpc) is 3.28. The van der Waals surface area contributed by atoms with Gasteiger partial charge < -0.3 is 24.0 Å². The molecule has 3 heterocycles. The number of aromatic nitrogens is 1. The first-order valence-electron chi connectivity index (χ1n) is 8.78. The van der Waals surface area contributed by atoms with E-state index in [0.717, 1.165) is 0 Å². The van der Waals surface area contributed by atoms with Crippen LogP contribution in [0.2, 0.25) is 0 Å².